The molecule has 1 N–H and O–H groups in total. The lowest BCUT2D eigenvalue weighted by Gasteiger charge is -2.53. The molecule has 2 aliphatic carbocycles. The Labute approximate surface area is 247 Å². The Morgan fingerprint density at radius 3 is 2.45 bits per heavy atom. The van der Waals surface area contributed by atoms with Gasteiger partial charge < -0.3 is 9.84 Å². The maximum absolute atomic E-state index is 12.0. The summed E-state index contributed by atoms with van der Waals surface area (Å²) in [4.78, 5) is 14.5. The summed E-state index contributed by atoms with van der Waals surface area (Å²) >= 11 is 0. The maximum Gasteiger partial charge on any atom is 0.155 e. The van der Waals surface area contributed by atoms with Gasteiger partial charge >= 0.3 is 0 Å². The lowest BCUT2D eigenvalue weighted by molar-refractivity contribution is -0.123. The fraction of sp³-hybridized carbons (Fsp3) is 0.750. The normalized spacial score (nSPS) is 29.8. The molecule has 0 aromatic heterocycles. The molecule has 0 bridgehead atoms. The van der Waals surface area contributed by atoms with Gasteiger partial charge in [0.2, 0.25) is 0 Å². The first-order valence-corrected chi connectivity index (χ1v) is 16.4. The Balaban J connectivity index is 1.97. The Morgan fingerprint density at radius 2 is 1.82 bits per heavy atom. The summed E-state index contributed by atoms with van der Waals surface area (Å²) in [5.74, 6) is 2.43. The molecule has 2 fully saturated rings. The van der Waals surface area contributed by atoms with Crippen LogP contribution in [-0.4, -0.2) is 47.6 Å². The molecular weight excluding hydrogens is 494 g/mol. The largest absolute Gasteiger partial charge is 0.501 e. The van der Waals surface area contributed by atoms with Gasteiger partial charge in [-0.3, -0.25) is 9.69 Å². The Bertz CT molecular complexity index is 850. The number of ether oxygens (including phenoxy) is 1. The van der Waals surface area contributed by atoms with Gasteiger partial charge in [-0.25, -0.2) is 0 Å². The van der Waals surface area contributed by atoms with Crippen LogP contribution in [0.5, 0.6) is 0 Å². The summed E-state index contributed by atoms with van der Waals surface area (Å²) in [6, 6.07) is 0. The van der Waals surface area contributed by atoms with Crippen LogP contribution in [-0.2, 0) is 9.53 Å². The monoisotopic (exact) mass is 555 g/mol. The highest BCUT2D eigenvalue weighted by Gasteiger charge is 2.60. The number of carbonyl (C=O) groups excluding carboxylic acids is 1. The van der Waals surface area contributed by atoms with Crippen molar-refractivity contribution in [3.05, 3.63) is 48.8 Å². The molecule has 0 heterocycles. The summed E-state index contributed by atoms with van der Waals surface area (Å²) in [6.45, 7) is 20.9. The second-order valence-corrected chi connectivity index (χ2v) is 12.8. The van der Waals surface area contributed by atoms with Crippen molar-refractivity contribution in [2.75, 3.05) is 26.2 Å². The van der Waals surface area contributed by atoms with E-state index in [1.807, 2.05) is 12.3 Å². The van der Waals surface area contributed by atoms with Crippen LogP contribution < -0.4 is 0 Å². The molecule has 2 rings (SSSR count). The molecule has 2 aliphatic rings. The Hall–Kier alpha value is -1.65. The number of aliphatic hydroxyl groups is 1. The third-order valence-corrected chi connectivity index (χ3v) is 10.3. The van der Waals surface area contributed by atoms with E-state index in [4.69, 9.17) is 4.74 Å². The van der Waals surface area contributed by atoms with E-state index in [1.54, 1.807) is 0 Å². The molecule has 0 aromatic carbocycles. The SMILES string of the molecule is C=CC(=O)CCC(CCC)C1CC[C@@]2(CCO/C=C/C=C\C(=C/C)CN(CCC)CCC)C(CC[C@]2(C)O)C1C. The van der Waals surface area contributed by atoms with Crippen LogP contribution in [0.2, 0.25) is 0 Å². The number of ketones is 1. The predicted molar refractivity (Wildman–Crippen MR) is 170 cm³/mol. The smallest absolute Gasteiger partial charge is 0.155 e. The molecule has 0 aromatic rings. The number of fused-ring (bicyclic) bond motifs is 1. The zero-order valence-electron chi connectivity index (χ0n) is 26.8. The van der Waals surface area contributed by atoms with Gasteiger partial charge in [0.1, 0.15) is 0 Å². The van der Waals surface area contributed by atoms with Crippen LogP contribution in [0.15, 0.2) is 48.8 Å². The minimum Gasteiger partial charge on any atom is -0.501 e. The van der Waals surface area contributed by atoms with E-state index in [9.17, 15) is 9.90 Å². The third-order valence-electron chi connectivity index (χ3n) is 10.3. The summed E-state index contributed by atoms with van der Waals surface area (Å²) in [6.07, 6.45) is 23.1. The number of carbonyl (C=O) groups is 1. The van der Waals surface area contributed by atoms with Crippen molar-refractivity contribution in [3.8, 4) is 0 Å². The van der Waals surface area contributed by atoms with Gasteiger partial charge in [-0.15, -0.1) is 0 Å². The number of rotatable bonds is 19. The molecule has 0 radical (unpaired) electrons. The van der Waals surface area contributed by atoms with Gasteiger partial charge in [0, 0.05) is 18.4 Å². The number of allylic oxidation sites excluding steroid dienone is 4. The van der Waals surface area contributed by atoms with E-state index in [2.05, 4.69) is 71.2 Å². The molecule has 0 spiro atoms. The van der Waals surface area contributed by atoms with E-state index >= 15 is 0 Å². The van der Waals surface area contributed by atoms with Gasteiger partial charge in [0.05, 0.1) is 18.5 Å². The van der Waals surface area contributed by atoms with E-state index in [0.29, 0.717) is 36.7 Å². The summed E-state index contributed by atoms with van der Waals surface area (Å²) in [7, 11) is 0. The predicted octanol–water partition coefficient (Wildman–Crippen LogP) is 8.68. The number of hydrogen-bond donors (Lipinski definition) is 1. The number of nitrogens with zero attached hydrogens (tertiary/aromatic N) is 1. The Morgan fingerprint density at radius 1 is 1.10 bits per heavy atom. The molecule has 0 saturated heterocycles. The molecule has 4 unspecified atom stereocenters. The van der Waals surface area contributed by atoms with Crippen molar-refractivity contribution in [3.63, 3.8) is 0 Å². The molecule has 4 heteroatoms. The van der Waals surface area contributed by atoms with Gasteiger partial charge in [-0.05, 0) is 120 Å². The zero-order valence-corrected chi connectivity index (χ0v) is 26.8. The topological polar surface area (TPSA) is 49.8 Å². The second kappa shape index (κ2) is 17.3. The van der Waals surface area contributed by atoms with Crippen LogP contribution in [0, 0.1) is 29.1 Å². The lowest BCUT2D eigenvalue weighted by atomic mass is 9.53. The van der Waals surface area contributed by atoms with Crippen molar-refractivity contribution >= 4 is 5.78 Å². The Kier molecular flexibility index (Phi) is 15.0. The van der Waals surface area contributed by atoms with Crippen molar-refractivity contribution in [2.24, 2.45) is 29.1 Å². The standard InChI is InChI=1S/C36H61NO3/c1-8-15-31(17-18-32(38)12-5)33-19-22-36(34(29(33)6)20-21-35(36,7)39)23-27-40-26-14-13-16-30(11-4)28-37(24-9-2)25-10-3/h11-14,16,26,29,31,33-34,39H,5,8-10,15,17-25,27-28H2,1-4,6-7H3/b16-13-,26-14+,30-11+/t29?,31?,33?,34?,35-,36+/m0/s1. The second-order valence-electron chi connectivity index (χ2n) is 12.8. The molecule has 40 heavy (non-hydrogen) atoms. The highest BCUT2D eigenvalue weighted by Crippen LogP contribution is 2.63. The fourth-order valence-electron chi connectivity index (χ4n) is 8.18. The highest BCUT2D eigenvalue weighted by molar-refractivity contribution is 5.88. The van der Waals surface area contributed by atoms with Crippen LogP contribution in [0.1, 0.15) is 112 Å². The number of hydrogen-bond acceptors (Lipinski definition) is 4. The first-order valence-electron chi connectivity index (χ1n) is 16.4. The average molecular weight is 556 g/mol. The maximum atomic E-state index is 12.0. The van der Waals surface area contributed by atoms with Crippen LogP contribution in [0.4, 0.5) is 0 Å². The van der Waals surface area contributed by atoms with Crippen molar-refractivity contribution in [1.29, 1.82) is 0 Å². The van der Waals surface area contributed by atoms with Crippen LogP contribution in [0.25, 0.3) is 0 Å². The van der Waals surface area contributed by atoms with E-state index < -0.39 is 5.60 Å². The van der Waals surface area contributed by atoms with Crippen molar-refractivity contribution < 1.29 is 14.6 Å². The summed E-state index contributed by atoms with van der Waals surface area (Å²) < 4.78 is 6.01. The quantitative estimate of drug-likeness (QED) is 0.0750. The zero-order chi connectivity index (χ0) is 29.6. The lowest BCUT2D eigenvalue weighted by Crippen LogP contribution is -2.51. The van der Waals surface area contributed by atoms with Gasteiger partial charge in [-0.1, -0.05) is 65.3 Å². The molecule has 228 valence electrons. The summed E-state index contributed by atoms with van der Waals surface area (Å²) in [5.41, 5.74) is 0.601. The molecule has 4 nitrogen and oxygen atoms in total. The van der Waals surface area contributed by atoms with Gasteiger partial charge in [0.25, 0.3) is 0 Å². The van der Waals surface area contributed by atoms with E-state index in [1.165, 1.54) is 30.9 Å². The van der Waals surface area contributed by atoms with Crippen LogP contribution in [0.3, 0.4) is 0 Å². The average Bonchev–Trinajstić information content (AvgIpc) is 3.20. The minimum atomic E-state index is -0.646. The molecule has 0 amide bonds. The van der Waals surface area contributed by atoms with Gasteiger partial charge in [-0.2, -0.15) is 0 Å². The van der Waals surface area contributed by atoms with Crippen molar-refractivity contribution in [1.82, 2.24) is 4.90 Å². The first kappa shape index (κ1) is 34.6. The first-order chi connectivity index (χ1) is 19.2. The molecule has 0 aliphatic heterocycles. The molecule has 2 saturated carbocycles. The third kappa shape index (κ3) is 9.18. The van der Waals surface area contributed by atoms with Crippen molar-refractivity contribution in [2.45, 2.75) is 118 Å². The van der Waals surface area contributed by atoms with Gasteiger partial charge in [0.15, 0.2) is 5.78 Å². The molecular formula is C36H61NO3. The van der Waals surface area contributed by atoms with Crippen LogP contribution >= 0.6 is 0 Å². The van der Waals surface area contributed by atoms with E-state index in [0.717, 1.165) is 64.6 Å². The van der Waals surface area contributed by atoms with E-state index in [-0.39, 0.29) is 11.2 Å². The highest BCUT2D eigenvalue weighted by atomic mass is 16.5. The molecule has 6 atom stereocenters. The summed E-state index contributed by atoms with van der Waals surface area (Å²) in [5, 5.41) is 11.6. The minimum absolute atomic E-state index is 0.0829. The fourth-order valence-corrected chi connectivity index (χ4v) is 8.18.